The molecular formula is C36H37N3O8. The van der Waals surface area contributed by atoms with Gasteiger partial charge in [0, 0.05) is 25.2 Å². The Morgan fingerprint density at radius 2 is 1.09 bits per heavy atom. The molecule has 0 heterocycles. The zero-order valence-corrected chi connectivity index (χ0v) is 25.9. The third-order valence-corrected chi connectivity index (χ3v) is 7.10. The minimum absolute atomic E-state index is 0.0566. The first-order valence-electron chi connectivity index (χ1n) is 15.1. The molecule has 1 atom stereocenters. The monoisotopic (exact) mass is 639 g/mol. The van der Waals surface area contributed by atoms with Crippen LogP contribution in [0.3, 0.4) is 0 Å². The molecule has 4 rings (SSSR count). The van der Waals surface area contributed by atoms with E-state index in [9.17, 15) is 24.5 Å². The summed E-state index contributed by atoms with van der Waals surface area (Å²) >= 11 is 0. The van der Waals surface area contributed by atoms with Gasteiger partial charge in [-0.1, -0.05) is 103 Å². The molecule has 0 saturated carbocycles. The van der Waals surface area contributed by atoms with Crippen LogP contribution in [0.2, 0.25) is 0 Å². The highest BCUT2D eigenvalue weighted by atomic mass is 16.6. The number of nitrogens with one attached hydrogen (secondary N) is 1. The first-order valence-corrected chi connectivity index (χ1v) is 15.1. The van der Waals surface area contributed by atoms with Crippen molar-refractivity contribution >= 4 is 23.6 Å². The molecule has 0 saturated heterocycles. The van der Waals surface area contributed by atoms with E-state index in [1.807, 2.05) is 91.0 Å². The van der Waals surface area contributed by atoms with Crippen molar-refractivity contribution in [2.75, 3.05) is 26.2 Å². The lowest BCUT2D eigenvalue weighted by Crippen LogP contribution is -2.45. The molecule has 0 aliphatic heterocycles. The fraction of sp³-hybridized carbons (Fsp3) is 0.250. The molecule has 1 N–H and O–H groups in total. The minimum atomic E-state index is -0.808. The normalized spacial score (nSPS) is 11.4. The van der Waals surface area contributed by atoms with Gasteiger partial charge in [0.1, 0.15) is 25.9 Å². The summed E-state index contributed by atoms with van der Waals surface area (Å²) in [6, 6.07) is 32.9. The maximum atomic E-state index is 13.2. The lowest BCUT2D eigenvalue weighted by Gasteiger charge is -2.23. The van der Waals surface area contributed by atoms with Gasteiger partial charge in [-0.25, -0.2) is 0 Å². The highest BCUT2D eigenvalue weighted by Crippen LogP contribution is 2.14. The molecule has 0 spiro atoms. The van der Waals surface area contributed by atoms with Gasteiger partial charge < -0.3 is 19.5 Å². The van der Waals surface area contributed by atoms with Gasteiger partial charge in [0.15, 0.2) is 0 Å². The summed E-state index contributed by atoms with van der Waals surface area (Å²) in [5.41, 5.74) is 3.12. The predicted molar refractivity (Wildman–Crippen MR) is 174 cm³/mol. The number of nitro groups is 1. The second-order valence-corrected chi connectivity index (χ2v) is 10.7. The van der Waals surface area contributed by atoms with Gasteiger partial charge in [0.2, 0.25) is 0 Å². The zero-order chi connectivity index (χ0) is 33.3. The molecule has 0 aliphatic rings. The number of non-ortho nitro benzene ring substituents is 1. The van der Waals surface area contributed by atoms with Crippen molar-refractivity contribution in [3.8, 4) is 0 Å². The van der Waals surface area contributed by atoms with Crippen LogP contribution in [0, 0.1) is 10.1 Å². The average Bonchev–Trinajstić information content (AvgIpc) is 3.10. The molecule has 11 heteroatoms. The number of ether oxygens (including phenoxy) is 3. The summed E-state index contributed by atoms with van der Waals surface area (Å²) < 4.78 is 16.5. The van der Waals surface area contributed by atoms with Crippen molar-refractivity contribution in [2.45, 2.75) is 32.3 Å². The van der Waals surface area contributed by atoms with E-state index in [0.29, 0.717) is 5.56 Å². The van der Waals surface area contributed by atoms with Crippen LogP contribution in [0.5, 0.6) is 0 Å². The van der Waals surface area contributed by atoms with E-state index < -0.39 is 28.9 Å². The molecule has 244 valence electrons. The molecular weight excluding hydrogens is 602 g/mol. The Labute approximate surface area is 273 Å². The molecule has 0 bridgehead atoms. The molecule has 0 aromatic heterocycles. The van der Waals surface area contributed by atoms with Gasteiger partial charge >= 0.3 is 17.9 Å². The van der Waals surface area contributed by atoms with Crippen molar-refractivity contribution in [2.24, 2.45) is 0 Å². The number of benzene rings is 4. The summed E-state index contributed by atoms with van der Waals surface area (Å²) in [6.45, 7) is 0.300. The molecule has 11 nitrogen and oxygen atoms in total. The van der Waals surface area contributed by atoms with Crippen LogP contribution < -0.4 is 5.32 Å². The molecule has 0 amide bonds. The smallest absolute Gasteiger partial charge is 0.323 e. The summed E-state index contributed by atoms with van der Waals surface area (Å²) in [6.07, 6.45) is 0.198. The van der Waals surface area contributed by atoms with E-state index in [1.54, 1.807) is 17.0 Å². The Morgan fingerprint density at radius 3 is 1.53 bits per heavy atom. The number of carbonyl (C=O) groups is 3. The predicted octanol–water partition coefficient (Wildman–Crippen LogP) is 4.63. The highest BCUT2D eigenvalue weighted by molar-refractivity contribution is 5.76. The summed E-state index contributed by atoms with van der Waals surface area (Å²) in [5.74, 6) is -1.55. The van der Waals surface area contributed by atoms with Crippen LogP contribution in [0.4, 0.5) is 5.69 Å². The Morgan fingerprint density at radius 1 is 0.638 bits per heavy atom. The quantitative estimate of drug-likeness (QED) is 0.0710. The lowest BCUT2D eigenvalue weighted by molar-refractivity contribution is -0.384. The van der Waals surface area contributed by atoms with Crippen LogP contribution in [-0.2, 0) is 54.8 Å². The average molecular weight is 640 g/mol. The Hall–Kier alpha value is -5.39. The van der Waals surface area contributed by atoms with Crippen molar-refractivity contribution in [3.63, 3.8) is 0 Å². The second-order valence-electron chi connectivity index (χ2n) is 10.7. The number of rotatable bonds is 18. The third-order valence-electron chi connectivity index (χ3n) is 7.10. The van der Waals surface area contributed by atoms with Crippen molar-refractivity contribution in [3.05, 3.63) is 148 Å². The lowest BCUT2D eigenvalue weighted by atomic mass is 10.1. The highest BCUT2D eigenvalue weighted by Gasteiger charge is 2.23. The fourth-order valence-corrected chi connectivity index (χ4v) is 4.60. The van der Waals surface area contributed by atoms with Gasteiger partial charge in [0.05, 0.1) is 18.0 Å². The second kappa shape index (κ2) is 18.5. The van der Waals surface area contributed by atoms with Gasteiger partial charge in [-0.05, 0) is 28.7 Å². The topological polar surface area (TPSA) is 137 Å². The fourth-order valence-electron chi connectivity index (χ4n) is 4.60. The molecule has 47 heavy (non-hydrogen) atoms. The van der Waals surface area contributed by atoms with Crippen LogP contribution in [0.25, 0.3) is 0 Å². The summed E-state index contributed by atoms with van der Waals surface area (Å²) in [5, 5.41) is 14.3. The largest absolute Gasteiger partial charge is 0.460 e. The maximum Gasteiger partial charge on any atom is 0.323 e. The molecule has 4 aromatic carbocycles. The Balaban J connectivity index is 1.39. The Bertz CT molecular complexity index is 1510. The number of nitrogens with zero attached hydrogens (tertiary/aromatic N) is 2. The molecule has 0 radical (unpaired) electrons. The van der Waals surface area contributed by atoms with Crippen LogP contribution in [-0.4, -0.2) is 60.0 Å². The Kier molecular flexibility index (Phi) is 13.6. The molecule has 0 unspecified atom stereocenters. The minimum Gasteiger partial charge on any atom is -0.460 e. The van der Waals surface area contributed by atoms with Crippen LogP contribution >= 0.6 is 0 Å². The van der Waals surface area contributed by atoms with Gasteiger partial charge in [-0.15, -0.1) is 0 Å². The van der Waals surface area contributed by atoms with Gasteiger partial charge in [0.25, 0.3) is 5.69 Å². The molecule has 0 fully saturated rings. The number of nitro benzene ring substituents is 1. The summed E-state index contributed by atoms with van der Waals surface area (Å²) in [7, 11) is 0. The number of hydrogen-bond acceptors (Lipinski definition) is 10. The van der Waals surface area contributed by atoms with Gasteiger partial charge in [-0.3, -0.25) is 29.4 Å². The van der Waals surface area contributed by atoms with E-state index in [2.05, 4.69) is 5.32 Å². The maximum absolute atomic E-state index is 13.2. The van der Waals surface area contributed by atoms with E-state index in [4.69, 9.17) is 14.2 Å². The molecule has 0 aliphatic carbocycles. The van der Waals surface area contributed by atoms with E-state index in [-0.39, 0.29) is 58.1 Å². The van der Waals surface area contributed by atoms with Crippen molar-refractivity contribution < 1.29 is 33.5 Å². The van der Waals surface area contributed by atoms with Crippen LogP contribution in [0.1, 0.15) is 22.3 Å². The molecule has 4 aromatic rings. The number of carbonyl (C=O) groups excluding carboxylic acids is 3. The van der Waals surface area contributed by atoms with Crippen molar-refractivity contribution in [1.82, 2.24) is 10.2 Å². The number of esters is 3. The van der Waals surface area contributed by atoms with E-state index in [0.717, 1.165) is 16.7 Å². The summed E-state index contributed by atoms with van der Waals surface area (Å²) in [4.78, 5) is 51.0. The van der Waals surface area contributed by atoms with Crippen LogP contribution in [0.15, 0.2) is 115 Å². The standard InChI is InChI=1S/C36H37N3O8/c40-34(45-25-29-10-4-1-5-11-29)23-38(24-35(41)46-26-30-12-6-2-7-13-30)21-20-37-33(22-28-16-18-32(19-17-28)39(43)44)36(42)47-27-31-14-8-3-9-15-31/h1-19,33,37H,20-27H2/t33-/m0/s1. The van der Waals surface area contributed by atoms with E-state index in [1.165, 1.54) is 12.1 Å². The van der Waals surface area contributed by atoms with Gasteiger partial charge in [-0.2, -0.15) is 0 Å². The van der Waals surface area contributed by atoms with E-state index >= 15 is 0 Å². The first-order chi connectivity index (χ1) is 22.9. The number of hydrogen-bond donors (Lipinski definition) is 1. The SMILES string of the molecule is O=C(CN(CCN[C@@H](Cc1ccc([N+](=O)[O-])cc1)C(=O)OCc1ccccc1)CC(=O)OCc1ccccc1)OCc1ccccc1. The third kappa shape index (κ3) is 12.5. The zero-order valence-electron chi connectivity index (χ0n) is 25.9. The first kappa shape index (κ1) is 34.5. The van der Waals surface area contributed by atoms with Crippen molar-refractivity contribution in [1.29, 1.82) is 0 Å².